The molecule has 5 heteroatoms. The third kappa shape index (κ3) is 2.54. The van der Waals surface area contributed by atoms with Crippen LogP contribution in [-0.4, -0.2) is 11.1 Å². The molecule has 0 unspecified atom stereocenters. The number of hydrogen-bond acceptors (Lipinski definition) is 4. The van der Waals surface area contributed by atoms with Gasteiger partial charge < -0.3 is 0 Å². The summed E-state index contributed by atoms with van der Waals surface area (Å²) in [6, 6.07) is 14.2. The van der Waals surface area contributed by atoms with Gasteiger partial charge in [-0.2, -0.15) is 5.26 Å². The second kappa shape index (κ2) is 5.43. The minimum atomic E-state index is -0.209. The smallest absolute Gasteiger partial charge is 0.264 e. The maximum atomic E-state index is 12.0. The van der Waals surface area contributed by atoms with E-state index >= 15 is 0 Å². The standard InChI is InChI=1S/C16H11N3OS/c1-10(14-15(20)19-16(21-14)18-9-17)12-7-6-11-4-2-3-5-13(11)8-12/h2-8H,1H3,(H,18,19,20). The highest BCUT2D eigenvalue weighted by Gasteiger charge is 2.26. The van der Waals surface area contributed by atoms with Gasteiger partial charge in [0.15, 0.2) is 5.17 Å². The second-order valence-electron chi connectivity index (χ2n) is 4.59. The number of fused-ring (bicyclic) bond motifs is 1. The van der Waals surface area contributed by atoms with E-state index in [1.165, 1.54) is 11.8 Å². The summed E-state index contributed by atoms with van der Waals surface area (Å²) in [4.78, 5) is 16.1. The third-order valence-corrected chi connectivity index (χ3v) is 4.38. The first-order valence-electron chi connectivity index (χ1n) is 6.35. The minimum Gasteiger partial charge on any atom is -0.300 e. The number of allylic oxidation sites excluding steroid dienone is 1. The Kier molecular flexibility index (Phi) is 3.46. The van der Waals surface area contributed by atoms with Crippen molar-refractivity contribution < 1.29 is 4.79 Å². The number of nitriles is 1. The molecule has 1 amide bonds. The Morgan fingerprint density at radius 1 is 1.24 bits per heavy atom. The van der Waals surface area contributed by atoms with E-state index < -0.39 is 0 Å². The number of nitrogens with one attached hydrogen (secondary N) is 1. The van der Waals surface area contributed by atoms with Gasteiger partial charge in [0.25, 0.3) is 5.91 Å². The Morgan fingerprint density at radius 3 is 2.76 bits per heavy atom. The van der Waals surface area contributed by atoms with Gasteiger partial charge in [-0.05, 0) is 46.7 Å². The topological polar surface area (TPSA) is 65.2 Å². The zero-order valence-electron chi connectivity index (χ0n) is 11.3. The van der Waals surface area contributed by atoms with Crippen molar-refractivity contribution in [3.8, 4) is 6.19 Å². The lowest BCUT2D eigenvalue weighted by Crippen LogP contribution is -2.19. The van der Waals surface area contributed by atoms with E-state index in [0.29, 0.717) is 10.1 Å². The number of carbonyl (C=O) groups excluding carboxylic acids is 1. The maximum absolute atomic E-state index is 12.0. The Balaban J connectivity index is 2.05. The van der Waals surface area contributed by atoms with E-state index in [4.69, 9.17) is 5.26 Å². The monoisotopic (exact) mass is 293 g/mol. The quantitative estimate of drug-likeness (QED) is 0.648. The van der Waals surface area contributed by atoms with E-state index in [1.807, 2.05) is 37.3 Å². The summed E-state index contributed by atoms with van der Waals surface area (Å²) in [5.74, 6) is -0.209. The van der Waals surface area contributed by atoms with Crippen LogP contribution in [0.15, 0.2) is 52.4 Å². The number of carbonyl (C=O) groups is 1. The zero-order valence-corrected chi connectivity index (χ0v) is 12.1. The molecule has 0 aliphatic carbocycles. The van der Waals surface area contributed by atoms with Gasteiger partial charge in [0, 0.05) is 0 Å². The van der Waals surface area contributed by atoms with Crippen LogP contribution in [0.25, 0.3) is 16.3 Å². The Hall–Kier alpha value is -2.58. The van der Waals surface area contributed by atoms with Crippen LogP contribution < -0.4 is 5.32 Å². The lowest BCUT2D eigenvalue weighted by atomic mass is 10.0. The van der Waals surface area contributed by atoms with E-state index in [2.05, 4.69) is 22.4 Å². The number of benzene rings is 2. The lowest BCUT2D eigenvalue weighted by molar-refractivity contribution is -0.115. The third-order valence-electron chi connectivity index (χ3n) is 3.30. The molecule has 102 valence electrons. The maximum Gasteiger partial charge on any atom is 0.264 e. The van der Waals surface area contributed by atoms with Crippen molar-refractivity contribution in [2.24, 2.45) is 4.99 Å². The Bertz CT molecular complexity index is 846. The molecule has 0 bridgehead atoms. The van der Waals surface area contributed by atoms with Gasteiger partial charge in [-0.15, -0.1) is 4.99 Å². The fourth-order valence-electron chi connectivity index (χ4n) is 2.22. The number of amidine groups is 1. The lowest BCUT2D eigenvalue weighted by Gasteiger charge is -2.06. The van der Waals surface area contributed by atoms with Gasteiger partial charge in [-0.3, -0.25) is 10.1 Å². The summed E-state index contributed by atoms with van der Waals surface area (Å²) in [5, 5.41) is 13.8. The molecule has 0 radical (unpaired) electrons. The molecular weight excluding hydrogens is 282 g/mol. The van der Waals surface area contributed by atoms with Crippen LogP contribution in [-0.2, 0) is 4.79 Å². The van der Waals surface area contributed by atoms with Gasteiger partial charge >= 0.3 is 0 Å². The van der Waals surface area contributed by atoms with Gasteiger partial charge in [0.05, 0.1) is 4.91 Å². The molecule has 1 aliphatic heterocycles. The zero-order chi connectivity index (χ0) is 14.8. The van der Waals surface area contributed by atoms with Crippen molar-refractivity contribution in [2.75, 3.05) is 0 Å². The molecule has 2 aromatic rings. The van der Waals surface area contributed by atoms with Crippen molar-refractivity contribution in [1.82, 2.24) is 5.32 Å². The van der Waals surface area contributed by atoms with Crippen molar-refractivity contribution in [1.29, 1.82) is 5.26 Å². The number of rotatable bonds is 1. The SMILES string of the molecule is CC(=C1SC(=NC#N)NC1=O)c1ccc2ccccc2c1. The summed E-state index contributed by atoms with van der Waals surface area (Å²) in [5.41, 5.74) is 1.87. The Morgan fingerprint density at radius 2 is 2.00 bits per heavy atom. The van der Waals surface area contributed by atoms with Gasteiger partial charge in [0.2, 0.25) is 6.19 Å². The summed E-state index contributed by atoms with van der Waals surface area (Å²) in [7, 11) is 0. The molecule has 0 atom stereocenters. The molecule has 0 aromatic heterocycles. The highest BCUT2D eigenvalue weighted by atomic mass is 32.2. The molecule has 1 aliphatic rings. The van der Waals surface area contributed by atoms with Crippen molar-refractivity contribution in [2.45, 2.75) is 6.92 Å². The fourth-order valence-corrected chi connectivity index (χ4v) is 3.06. The molecule has 3 rings (SSSR count). The fraction of sp³-hybridized carbons (Fsp3) is 0.0625. The van der Waals surface area contributed by atoms with Crippen molar-refractivity contribution in [3.05, 3.63) is 52.9 Å². The van der Waals surface area contributed by atoms with Crippen LogP contribution in [0, 0.1) is 11.5 Å². The average molecular weight is 293 g/mol. The predicted octanol–water partition coefficient (Wildman–Crippen LogP) is 3.27. The number of thioether (sulfide) groups is 1. The van der Waals surface area contributed by atoms with Crippen LogP contribution >= 0.6 is 11.8 Å². The molecule has 1 heterocycles. The first-order valence-corrected chi connectivity index (χ1v) is 7.17. The molecule has 4 nitrogen and oxygen atoms in total. The van der Waals surface area contributed by atoms with Crippen LogP contribution in [0.3, 0.4) is 0 Å². The summed E-state index contributed by atoms with van der Waals surface area (Å²) >= 11 is 1.20. The van der Waals surface area contributed by atoms with E-state index in [9.17, 15) is 4.79 Å². The minimum absolute atomic E-state index is 0.209. The molecule has 1 saturated heterocycles. The molecular formula is C16H11N3OS. The summed E-state index contributed by atoms with van der Waals surface area (Å²) < 4.78 is 0. The van der Waals surface area contributed by atoms with Crippen LogP contribution in [0.5, 0.6) is 0 Å². The predicted molar refractivity (Wildman–Crippen MR) is 85.3 cm³/mol. The number of amides is 1. The van der Waals surface area contributed by atoms with E-state index in [1.54, 1.807) is 6.19 Å². The normalized spacial score (nSPS) is 18.7. The molecule has 1 fully saturated rings. The molecule has 0 spiro atoms. The number of aliphatic imine (C=N–C) groups is 1. The molecule has 21 heavy (non-hydrogen) atoms. The second-order valence-corrected chi connectivity index (χ2v) is 5.59. The number of nitrogens with zero attached hydrogens (tertiary/aromatic N) is 2. The molecule has 0 saturated carbocycles. The number of hydrogen-bond donors (Lipinski definition) is 1. The highest BCUT2D eigenvalue weighted by Crippen LogP contribution is 2.32. The average Bonchev–Trinajstić information content (AvgIpc) is 2.87. The summed E-state index contributed by atoms with van der Waals surface area (Å²) in [6.45, 7) is 1.90. The molecule has 2 aromatic carbocycles. The van der Waals surface area contributed by atoms with Crippen molar-refractivity contribution >= 4 is 39.2 Å². The van der Waals surface area contributed by atoms with Gasteiger partial charge in [-0.25, -0.2) is 0 Å². The van der Waals surface area contributed by atoms with Crippen molar-refractivity contribution in [3.63, 3.8) is 0 Å². The Labute approximate surface area is 126 Å². The summed E-state index contributed by atoms with van der Waals surface area (Å²) in [6.07, 6.45) is 1.68. The van der Waals surface area contributed by atoms with Crippen LogP contribution in [0.1, 0.15) is 12.5 Å². The van der Waals surface area contributed by atoms with Gasteiger partial charge in [0.1, 0.15) is 0 Å². The van der Waals surface area contributed by atoms with E-state index in [-0.39, 0.29) is 5.91 Å². The van der Waals surface area contributed by atoms with Crippen LogP contribution in [0.2, 0.25) is 0 Å². The largest absolute Gasteiger partial charge is 0.300 e. The highest BCUT2D eigenvalue weighted by molar-refractivity contribution is 8.18. The first kappa shape index (κ1) is 13.4. The van der Waals surface area contributed by atoms with Gasteiger partial charge in [-0.1, -0.05) is 36.4 Å². The van der Waals surface area contributed by atoms with E-state index in [0.717, 1.165) is 21.9 Å². The molecule has 1 N–H and O–H groups in total. The first-order chi connectivity index (χ1) is 10.2. The van der Waals surface area contributed by atoms with Crippen LogP contribution in [0.4, 0.5) is 0 Å².